The van der Waals surface area contributed by atoms with Crippen molar-refractivity contribution in [2.45, 2.75) is 57.6 Å². The van der Waals surface area contributed by atoms with Gasteiger partial charge in [0.25, 0.3) is 0 Å². The highest BCUT2D eigenvalue weighted by Crippen LogP contribution is 2.29. The van der Waals surface area contributed by atoms with Gasteiger partial charge in [0.1, 0.15) is 0 Å². The summed E-state index contributed by atoms with van der Waals surface area (Å²) in [5.41, 5.74) is -0.529. The number of hydrogen-bond donors (Lipinski definition) is 2. The fourth-order valence-corrected chi connectivity index (χ4v) is 3.07. The van der Waals surface area contributed by atoms with Crippen molar-refractivity contribution in [3.05, 3.63) is 0 Å². The van der Waals surface area contributed by atoms with Crippen molar-refractivity contribution in [1.29, 1.82) is 0 Å². The molecule has 0 amide bonds. The van der Waals surface area contributed by atoms with Crippen LogP contribution in [-0.4, -0.2) is 36.5 Å². The highest BCUT2D eigenvalue weighted by molar-refractivity contribution is 4.88. The zero-order valence-corrected chi connectivity index (χ0v) is 11.2. The molecule has 1 saturated carbocycles. The van der Waals surface area contributed by atoms with Crippen molar-refractivity contribution < 1.29 is 9.84 Å². The summed E-state index contributed by atoms with van der Waals surface area (Å²) in [6.07, 6.45) is 5.49. The molecule has 0 radical (unpaired) electrons. The standard InChI is InChI=1S/C14H27NO2/c1-11-3-4-12(2)13(9-11)15-10-14(16)5-7-17-8-6-14/h11-13,15-16H,3-10H2,1-2H3. The van der Waals surface area contributed by atoms with E-state index < -0.39 is 5.60 Å². The normalized spacial score (nSPS) is 37.9. The van der Waals surface area contributed by atoms with Gasteiger partial charge in [0.2, 0.25) is 0 Å². The molecule has 1 heterocycles. The summed E-state index contributed by atoms with van der Waals surface area (Å²) in [7, 11) is 0. The maximum absolute atomic E-state index is 10.4. The molecule has 3 atom stereocenters. The minimum absolute atomic E-state index is 0.529. The van der Waals surface area contributed by atoms with Gasteiger partial charge in [-0.2, -0.15) is 0 Å². The summed E-state index contributed by atoms with van der Waals surface area (Å²) in [6.45, 7) is 6.81. The highest BCUT2D eigenvalue weighted by Gasteiger charge is 2.32. The predicted octanol–water partition coefficient (Wildman–Crippen LogP) is 1.94. The minimum Gasteiger partial charge on any atom is -0.388 e. The molecule has 0 aromatic heterocycles. The second kappa shape index (κ2) is 5.68. The first-order valence-electron chi connectivity index (χ1n) is 7.12. The summed E-state index contributed by atoms with van der Waals surface area (Å²) in [6, 6.07) is 0.589. The number of ether oxygens (including phenoxy) is 1. The van der Waals surface area contributed by atoms with E-state index in [0.717, 1.165) is 31.2 Å². The Bertz CT molecular complexity index is 238. The largest absolute Gasteiger partial charge is 0.388 e. The van der Waals surface area contributed by atoms with Crippen LogP contribution in [0, 0.1) is 11.8 Å². The predicted molar refractivity (Wildman–Crippen MR) is 69.0 cm³/mol. The quantitative estimate of drug-likeness (QED) is 0.793. The summed E-state index contributed by atoms with van der Waals surface area (Å²) in [5, 5.41) is 14.0. The van der Waals surface area contributed by atoms with Crippen LogP contribution in [0.3, 0.4) is 0 Å². The van der Waals surface area contributed by atoms with Gasteiger partial charge in [-0.15, -0.1) is 0 Å². The van der Waals surface area contributed by atoms with E-state index in [1.807, 2.05) is 0 Å². The Balaban J connectivity index is 1.79. The van der Waals surface area contributed by atoms with Gasteiger partial charge in [-0.25, -0.2) is 0 Å². The lowest BCUT2D eigenvalue weighted by molar-refractivity contribution is -0.0642. The molecular weight excluding hydrogens is 214 g/mol. The number of hydrogen-bond acceptors (Lipinski definition) is 3. The molecule has 2 aliphatic rings. The molecule has 3 unspecified atom stereocenters. The third kappa shape index (κ3) is 3.67. The molecule has 2 rings (SSSR count). The van der Waals surface area contributed by atoms with E-state index in [-0.39, 0.29) is 0 Å². The zero-order valence-electron chi connectivity index (χ0n) is 11.2. The van der Waals surface area contributed by atoms with Crippen LogP contribution in [0.25, 0.3) is 0 Å². The zero-order chi connectivity index (χ0) is 12.3. The summed E-state index contributed by atoms with van der Waals surface area (Å²) in [5.74, 6) is 1.57. The maximum atomic E-state index is 10.4. The Morgan fingerprint density at radius 2 is 1.94 bits per heavy atom. The fraction of sp³-hybridized carbons (Fsp3) is 1.00. The molecular formula is C14H27NO2. The third-order valence-corrected chi connectivity index (χ3v) is 4.57. The van der Waals surface area contributed by atoms with Crippen molar-refractivity contribution in [2.24, 2.45) is 11.8 Å². The van der Waals surface area contributed by atoms with Crippen LogP contribution >= 0.6 is 0 Å². The van der Waals surface area contributed by atoms with Gasteiger partial charge in [0.15, 0.2) is 0 Å². The molecule has 0 bridgehead atoms. The van der Waals surface area contributed by atoms with E-state index >= 15 is 0 Å². The number of rotatable bonds is 3. The van der Waals surface area contributed by atoms with Crippen LogP contribution in [0.5, 0.6) is 0 Å². The lowest BCUT2D eigenvalue weighted by Gasteiger charge is -2.38. The Kier molecular flexibility index (Phi) is 4.45. The van der Waals surface area contributed by atoms with Gasteiger partial charge < -0.3 is 15.2 Å². The van der Waals surface area contributed by atoms with E-state index in [4.69, 9.17) is 4.74 Å². The van der Waals surface area contributed by atoms with Gasteiger partial charge in [-0.1, -0.05) is 20.3 Å². The van der Waals surface area contributed by atoms with Crippen molar-refractivity contribution in [2.75, 3.05) is 19.8 Å². The molecule has 100 valence electrons. The van der Waals surface area contributed by atoms with Crippen LogP contribution in [-0.2, 0) is 4.74 Å². The summed E-state index contributed by atoms with van der Waals surface area (Å²) >= 11 is 0. The SMILES string of the molecule is CC1CCC(C)C(NCC2(O)CCOCC2)C1. The molecule has 1 saturated heterocycles. The molecule has 0 aromatic carbocycles. The van der Waals surface area contributed by atoms with Crippen molar-refractivity contribution in [1.82, 2.24) is 5.32 Å². The average Bonchev–Trinajstić information content (AvgIpc) is 2.31. The van der Waals surface area contributed by atoms with E-state index in [1.165, 1.54) is 19.3 Å². The Morgan fingerprint density at radius 1 is 1.24 bits per heavy atom. The highest BCUT2D eigenvalue weighted by atomic mass is 16.5. The molecule has 2 N–H and O–H groups in total. The molecule has 0 spiro atoms. The van der Waals surface area contributed by atoms with E-state index in [0.29, 0.717) is 19.3 Å². The lowest BCUT2D eigenvalue weighted by Crippen LogP contribution is -2.50. The van der Waals surface area contributed by atoms with Gasteiger partial charge in [-0.05, 0) is 24.7 Å². The molecule has 3 heteroatoms. The molecule has 2 fully saturated rings. The van der Waals surface area contributed by atoms with Gasteiger partial charge in [-0.3, -0.25) is 0 Å². The van der Waals surface area contributed by atoms with Crippen molar-refractivity contribution in [3.63, 3.8) is 0 Å². The van der Waals surface area contributed by atoms with Gasteiger partial charge in [0, 0.05) is 38.6 Å². The maximum Gasteiger partial charge on any atom is 0.0815 e. The summed E-state index contributed by atoms with van der Waals surface area (Å²) in [4.78, 5) is 0. The molecule has 17 heavy (non-hydrogen) atoms. The summed E-state index contributed by atoms with van der Waals surface area (Å²) < 4.78 is 5.31. The number of aliphatic hydroxyl groups is 1. The fourth-order valence-electron chi connectivity index (χ4n) is 3.07. The average molecular weight is 241 g/mol. The van der Waals surface area contributed by atoms with Gasteiger partial charge >= 0.3 is 0 Å². The van der Waals surface area contributed by atoms with Gasteiger partial charge in [0.05, 0.1) is 5.60 Å². The lowest BCUT2D eigenvalue weighted by atomic mass is 9.79. The van der Waals surface area contributed by atoms with Crippen molar-refractivity contribution in [3.8, 4) is 0 Å². The second-order valence-corrected chi connectivity index (χ2v) is 6.22. The van der Waals surface area contributed by atoms with Crippen LogP contribution in [0.4, 0.5) is 0 Å². The molecule has 1 aliphatic heterocycles. The molecule has 0 aromatic rings. The number of nitrogens with one attached hydrogen (secondary N) is 1. The first-order valence-corrected chi connectivity index (χ1v) is 7.12. The van der Waals surface area contributed by atoms with Crippen LogP contribution in [0.2, 0.25) is 0 Å². The van der Waals surface area contributed by atoms with Crippen LogP contribution < -0.4 is 5.32 Å². The Morgan fingerprint density at radius 3 is 2.65 bits per heavy atom. The Labute approximate surface area is 105 Å². The van der Waals surface area contributed by atoms with Crippen LogP contribution in [0.15, 0.2) is 0 Å². The van der Waals surface area contributed by atoms with E-state index in [2.05, 4.69) is 19.2 Å². The molecule has 1 aliphatic carbocycles. The van der Waals surface area contributed by atoms with Crippen molar-refractivity contribution >= 4 is 0 Å². The van der Waals surface area contributed by atoms with E-state index in [9.17, 15) is 5.11 Å². The first-order chi connectivity index (χ1) is 8.09. The topological polar surface area (TPSA) is 41.5 Å². The molecule has 3 nitrogen and oxygen atoms in total. The monoisotopic (exact) mass is 241 g/mol. The second-order valence-electron chi connectivity index (χ2n) is 6.22. The smallest absolute Gasteiger partial charge is 0.0815 e. The van der Waals surface area contributed by atoms with E-state index in [1.54, 1.807) is 0 Å². The van der Waals surface area contributed by atoms with Crippen LogP contribution in [0.1, 0.15) is 46.0 Å². The first kappa shape index (κ1) is 13.3. The Hall–Kier alpha value is -0.120. The third-order valence-electron chi connectivity index (χ3n) is 4.57. The minimum atomic E-state index is -0.529.